The lowest BCUT2D eigenvalue weighted by atomic mass is 9.96. The third kappa shape index (κ3) is 6.14. The van der Waals surface area contributed by atoms with Gasteiger partial charge in [0.2, 0.25) is 5.91 Å². The second-order valence-corrected chi connectivity index (χ2v) is 4.47. The molecular weight excluding hydrogens is 230 g/mol. The zero-order chi connectivity index (χ0) is 13.2. The van der Waals surface area contributed by atoms with Crippen LogP contribution in [0.2, 0.25) is 0 Å². The minimum absolute atomic E-state index is 0.147. The Bertz CT molecular complexity index is 317. The standard InChI is InChI=1S/C13H21N3O2/c1-2-9-14-12(17)8-10-15-13(18)16-11-6-4-3-5-7-11/h1,11H,3-10H2,(H,14,17)(H2,15,16,18). The van der Waals surface area contributed by atoms with Crippen LogP contribution < -0.4 is 16.0 Å². The van der Waals surface area contributed by atoms with Crippen LogP contribution in [-0.2, 0) is 4.79 Å². The van der Waals surface area contributed by atoms with Gasteiger partial charge in [0.15, 0.2) is 0 Å². The van der Waals surface area contributed by atoms with Crippen molar-refractivity contribution in [1.82, 2.24) is 16.0 Å². The third-order valence-corrected chi connectivity index (χ3v) is 2.97. The Labute approximate surface area is 108 Å². The summed E-state index contributed by atoms with van der Waals surface area (Å²) in [5.74, 6) is 2.17. The molecule has 1 aliphatic carbocycles. The molecule has 0 aromatic rings. The van der Waals surface area contributed by atoms with E-state index in [1.54, 1.807) is 0 Å². The monoisotopic (exact) mass is 251 g/mol. The van der Waals surface area contributed by atoms with Gasteiger partial charge in [-0.1, -0.05) is 25.2 Å². The molecule has 1 rings (SSSR count). The largest absolute Gasteiger partial charge is 0.345 e. The molecule has 0 heterocycles. The molecule has 0 aromatic heterocycles. The summed E-state index contributed by atoms with van der Waals surface area (Å²) in [5, 5.41) is 8.14. The first-order chi connectivity index (χ1) is 8.72. The number of urea groups is 1. The van der Waals surface area contributed by atoms with Crippen LogP contribution in [0.25, 0.3) is 0 Å². The zero-order valence-corrected chi connectivity index (χ0v) is 10.6. The summed E-state index contributed by atoms with van der Waals surface area (Å²) in [4.78, 5) is 22.7. The highest BCUT2D eigenvalue weighted by Gasteiger charge is 2.15. The molecule has 0 aromatic carbocycles. The van der Waals surface area contributed by atoms with Crippen LogP contribution in [0.3, 0.4) is 0 Å². The van der Waals surface area contributed by atoms with Crippen molar-refractivity contribution in [3.8, 4) is 12.3 Å². The lowest BCUT2D eigenvalue weighted by Crippen LogP contribution is -2.43. The molecule has 0 bridgehead atoms. The minimum atomic E-state index is -0.188. The van der Waals surface area contributed by atoms with Crippen LogP contribution >= 0.6 is 0 Å². The molecule has 1 aliphatic rings. The van der Waals surface area contributed by atoms with Crippen LogP contribution in [0.5, 0.6) is 0 Å². The number of carbonyl (C=O) groups is 2. The number of rotatable bonds is 5. The Kier molecular flexibility index (Phi) is 6.70. The highest BCUT2D eigenvalue weighted by molar-refractivity contribution is 5.78. The Morgan fingerprint density at radius 1 is 1.17 bits per heavy atom. The predicted octanol–water partition coefficient (Wildman–Crippen LogP) is 0.758. The van der Waals surface area contributed by atoms with Gasteiger partial charge < -0.3 is 16.0 Å². The highest BCUT2D eigenvalue weighted by Crippen LogP contribution is 2.16. The number of terminal acetylenes is 1. The first-order valence-corrected chi connectivity index (χ1v) is 6.47. The van der Waals surface area contributed by atoms with Gasteiger partial charge in [0.25, 0.3) is 0 Å². The van der Waals surface area contributed by atoms with Crippen LogP contribution in [0.4, 0.5) is 4.79 Å². The average Bonchev–Trinajstić information content (AvgIpc) is 2.37. The van der Waals surface area contributed by atoms with E-state index >= 15 is 0 Å². The van der Waals surface area contributed by atoms with Crippen molar-refractivity contribution in [3.63, 3.8) is 0 Å². The van der Waals surface area contributed by atoms with Crippen molar-refractivity contribution in [1.29, 1.82) is 0 Å². The first-order valence-electron chi connectivity index (χ1n) is 6.47. The molecule has 0 saturated heterocycles. The summed E-state index contributed by atoms with van der Waals surface area (Å²) in [6.07, 6.45) is 11.0. The van der Waals surface area contributed by atoms with Crippen LogP contribution in [0, 0.1) is 12.3 Å². The molecule has 1 fully saturated rings. The number of amides is 3. The summed E-state index contributed by atoms with van der Waals surface area (Å²) in [7, 11) is 0. The maximum absolute atomic E-state index is 11.5. The fraction of sp³-hybridized carbons (Fsp3) is 0.692. The van der Waals surface area contributed by atoms with Gasteiger partial charge in [0, 0.05) is 19.0 Å². The molecule has 5 heteroatoms. The normalized spacial score (nSPS) is 15.5. The molecule has 18 heavy (non-hydrogen) atoms. The van der Waals surface area contributed by atoms with E-state index < -0.39 is 0 Å². The Morgan fingerprint density at radius 3 is 2.56 bits per heavy atom. The van der Waals surface area contributed by atoms with Crippen LogP contribution in [0.15, 0.2) is 0 Å². The number of carbonyl (C=O) groups excluding carboxylic acids is 2. The molecule has 0 spiro atoms. The fourth-order valence-corrected chi connectivity index (χ4v) is 2.01. The van der Waals surface area contributed by atoms with Gasteiger partial charge in [0.1, 0.15) is 0 Å². The van der Waals surface area contributed by atoms with E-state index in [-0.39, 0.29) is 30.9 Å². The van der Waals surface area contributed by atoms with Crippen molar-refractivity contribution in [2.75, 3.05) is 13.1 Å². The molecule has 5 nitrogen and oxygen atoms in total. The van der Waals surface area contributed by atoms with E-state index in [4.69, 9.17) is 6.42 Å². The van der Waals surface area contributed by atoms with Crippen molar-refractivity contribution in [3.05, 3.63) is 0 Å². The molecular formula is C13H21N3O2. The molecule has 0 radical (unpaired) electrons. The van der Waals surface area contributed by atoms with Gasteiger partial charge in [-0.3, -0.25) is 4.79 Å². The van der Waals surface area contributed by atoms with E-state index in [2.05, 4.69) is 21.9 Å². The van der Waals surface area contributed by atoms with Crippen molar-refractivity contribution in [2.45, 2.75) is 44.6 Å². The SMILES string of the molecule is C#CCNC(=O)CCNC(=O)NC1CCCCC1. The van der Waals surface area contributed by atoms with E-state index in [1.807, 2.05) is 0 Å². The molecule has 0 atom stereocenters. The molecule has 100 valence electrons. The lowest BCUT2D eigenvalue weighted by molar-refractivity contribution is -0.120. The first kappa shape index (κ1) is 14.4. The third-order valence-electron chi connectivity index (χ3n) is 2.97. The molecule has 0 unspecified atom stereocenters. The highest BCUT2D eigenvalue weighted by atomic mass is 16.2. The second-order valence-electron chi connectivity index (χ2n) is 4.47. The van der Waals surface area contributed by atoms with E-state index in [0.29, 0.717) is 6.54 Å². The summed E-state index contributed by atoms with van der Waals surface area (Å²) in [5.41, 5.74) is 0. The van der Waals surface area contributed by atoms with Crippen LogP contribution in [0.1, 0.15) is 38.5 Å². The van der Waals surface area contributed by atoms with E-state index in [0.717, 1.165) is 12.8 Å². The van der Waals surface area contributed by atoms with Crippen LogP contribution in [-0.4, -0.2) is 31.1 Å². The lowest BCUT2D eigenvalue weighted by Gasteiger charge is -2.22. The maximum atomic E-state index is 11.5. The fourth-order valence-electron chi connectivity index (χ4n) is 2.01. The molecule has 3 amide bonds. The number of hydrogen-bond donors (Lipinski definition) is 3. The quantitative estimate of drug-likeness (QED) is 0.631. The van der Waals surface area contributed by atoms with E-state index in [1.165, 1.54) is 19.3 Å². The van der Waals surface area contributed by atoms with Gasteiger partial charge in [-0.25, -0.2) is 4.79 Å². The van der Waals surface area contributed by atoms with Gasteiger partial charge in [-0.05, 0) is 12.8 Å². The molecule has 0 aliphatic heterocycles. The maximum Gasteiger partial charge on any atom is 0.315 e. The van der Waals surface area contributed by atoms with Crippen molar-refractivity contribution in [2.24, 2.45) is 0 Å². The van der Waals surface area contributed by atoms with Crippen molar-refractivity contribution < 1.29 is 9.59 Å². The van der Waals surface area contributed by atoms with Crippen molar-refractivity contribution >= 4 is 11.9 Å². The second kappa shape index (κ2) is 8.40. The minimum Gasteiger partial charge on any atom is -0.345 e. The number of nitrogens with one attached hydrogen (secondary N) is 3. The van der Waals surface area contributed by atoms with Gasteiger partial charge in [-0.2, -0.15) is 0 Å². The molecule has 1 saturated carbocycles. The summed E-state index contributed by atoms with van der Waals surface area (Å²) in [6.45, 7) is 0.558. The van der Waals surface area contributed by atoms with Gasteiger partial charge in [-0.15, -0.1) is 6.42 Å². The topological polar surface area (TPSA) is 70.2 Å². The zero-order valence-electron chi connectivity index (χ0n) is 10.6. The average molecular weight is 251 g/mol. The summed E-state index contributed by atoms with van der Waals surface area (Å²) >= 11 is 0. The predicted molar refractivity (Wildman–Crippen MR) is 69.9 cm³/mol. The molecule has 3 N–H and O–H groups in total. The Morgan fingerprint density at radius 2 is 1.89 bits per heavy atom. The number of hydrogen-bond acceptors (Lipinski definition) is 2. The van der Waals surface area contributed by atoms with E-state index in [9.17, 15) is 9.59 Å². The smallest absolute Gasteiger partial charge is 0.315 e. The summed E-state index contributed by atoms with van der Waals surface area (Å²) < 4.78 is 0. The Hall–Kier alpha value is -1.70. The Balaban J connectivity index is 2.06. The van der Waals surface area contributed by atoms with Gasteiger partial charge in [0.05, 0.1) is 6.54 Å². The summed E-state index contributed by atoms with van der Waals surface area (Å²) in [6, 6.07) is 0.0978. The van der Waals surface area contributed by atoms with Gasteiger partial charge >= 0.3 is 6.03 Å².